The highest BCUT2D eigenvalue weighted by Crippen LogP contribution is 2.55. The largest absolute Gasteiger partial charge is 0.475 e. The molecule has 166 valence electrons. The van der Waals surface area contributed by atoms with Crippen LogP contribution < -0.4 is 10.1 Å². The number of hydrogen-bond acceptors (Lipinski definition) is 7. The van der Waals surface area contributed by atoms with E-state index in [1.807, 2.05) is 13.8 Å². The SMILES string of the molecule is CCOc1nn(C2CCOCC2)c(C2(F)CC2)c1Nc1ncc2c(Cl)nn(CC)c2n1. The molecule has 5 rings (SSSR count). The Morgan fingerprint density at radius 3 is 2.74 bits per heavy atom. The second-order valence-corrected chi connectivity index (χ2v) is 8.24. The lowest BCUT2D eigenvalue weighted by atomic mass is 10.1. The number of fused-ring (bicyclic) bond motifs is 1. The number of rotatable bonds is 7. The third kappa shape index (κ3) is 3.61. The standard InChI is InChI=1S/C20H25ClFN7O2/c1-3-28-17-13(16(21)26-28)11-23-19(25-17)24-14-15(20(22)7-8-20)29(27-18(14)31-4-2)12-5-9-30-10-6-12/h11-12H,3-10H2,1-2H3,(H,23,24,25). The summed E-state index contributed by atoms with van der Waals surface area (Å²) >= 11 is 6.19. The van der Waals surface area contributed by atoms with Gasteiger partial charge in [-0.1, -0.05) is 11.6 Å². The molecule has 1 aliphatic carbocycles. The minimum absolute atomic E-state index is 0.0652. The lowest BCUT2D eigenvalue weighted by Crippen LogP contribution is -2.24. The normalized spacial score (nSPS) is 18.5. The van der Waals surface area contributed by atoms with E-state index in [9.17, 15) is 0 Å². The number of nitrogens with zero attached hydrogens (tertiary/aromatic N) is 6. The molecule has 4 heterocycles. The van der Waals surface area contributed by atoms with Crippen molar-refractivity contribution in [3.8, 4) is 5.88 Å². The van der Waals surface area contributed by atoms with Gasteiger partial charge < -0.3 is 14.8 Å². The number of alkyl halides is 1. The smallest absolute Gasteiger partial charge is 0.257 e. The van der Waals surface area contributed by atoms with E-state index in [2.05, 4.69) is 25.5 Å². The summed E-state index contributed by atoms with van der Waals surface area (Å²) in [6, 6.07) is 0.0652. The van der Waals surface area contributed by atoms with Gasteiger partial charge in [-0.25, -0.2) is 14.1 Å². The number of hydrogen-bond donors (Lipinski definition) is 1. The van der Waals surface area contributed by atoms with Gasteiger partial charge in [-0.05, 0) is 39.5 Å². The molecule has 1 saturated carbocycles. The van der Waals surface area contributed by atoms with Crippen LogP contribution in [-0.2, 0) is 17.0 Å². The van der Waals surface area contributed by atoms with Crippen molar-refractivity contribution < 1.29 is 13.9 Å². The first-order valence-corrected chi connectivity index (χ1v) is 11.1. The molecule has 31 heavy (non-hydrogen) atoms. The van der Waals surface area contributed by atoms with Gasteiger partial charge in [-0.15, -0.1) is 5.10 Å². The van der Waals surface area contributed by atoms with Gasteiger partial charge in [-0.2, -0.15) is 10.1 Å². The molecule has 0 atom stereocenters. The second kappa shape index (κ2) is 7.90. The highest BCUT2D eigenvalue weighted by atomic mass is 35.5. The van der Waals surface area contributed by atoms with E-state index in [0.29, 0.717) is 78.6 Å². The maximum atomic E-state index is 15.6. The number of anilines is 2. The van der Waals surface area contributed by atoms with Crippen LogP contribution in [0.2, 0.25) is 5.15 Å². The Kier molecular flexibility index (Phi) is 5.21. The third-order valence-electron chi connectivity index (χ3n) is 5.79. The quantitative estimate of drug-likeness (QED) is 0.579. The van der Waals surface area contributed by atoms with Crippen LogP contribution in [0.25, 0.3) is 11.0 Å². The fourth-order valence-electron chi connectivity index (χ4n) is 4.05. The lowest BCUT2D eigenvalue weighted by molar-refractivity contribution is 0.0632. The van der Waals surface area contributed by atoms with Crippen LogP contribution in [0.1, 0.15) is 51.3 Å². The molecule has 0 radical (unpaired) electrons. The molecule has 0 unspecified atom stereocenters. The average Bonchev–Trinajstić information content (AvgIpc) is 3.30. The predicted molar refractivity (Wildman–Crippen MR) is 114 cm³/mol. The summed E-state index contributed by atoms with van der Waals surface area (Å²) in [6.45, 7) is 6.14. The first-order chi connectivity index (χ1) is 15.0. The van der Waals surface area contributed by atoms with Crippen LogP contribution in [0.3, 0.4) is 0 Å². The highest BCUT2D eigenvalue weighted by molar-refractivity contribution is 6.34. The molecule has 11 heteroatoms. The lowest BCUT2D eigenvalue weighted by Gasteiger charge is -2.25. The number of ether oxygens (including phenoxy) is 2. The minimum Gasteiger partial charge on any atom is -0.475 e. The highest BCUT2D eigenvalue weighted by Gasteiger charge is 2.51. The predicted octanol–water partition coefficient (Wildman–Crippen LogP) is 4.15. The molecular formula is C20H25ClFN7O2. The molecular weight excluding hydrogens is 425 g/mol. The van der Waals surface area contributed by atoms with E-state index < -0.39 is 5.67 Å². The molecule has 3 aromatic heterocycles. The summed E-state index contributed by atoms with van der Waals surface area (Å²) in [6.07, 6.45) is 4.11. The monoisotopic (exact) mass is 449 g/mol. The van der Waals surface area contributed by atoms with Crippen molar-refractivity contribution in [3.63, 3.8) is 0 Å². The molecule has 1 N–H and O–H groups in total. The van der Waals surface area contributed by atoms with Gasteiger partial charge in [0.05, 0.1) is 18.0 Å². The van der Waals surface area contributed by atoms with Crippen molar-refractivity contribution in [2.45, 2.75) is 57.8 Å². The number of halogens is 2. The zero-order chi connectivity index (χ0) is 21.6. The summed E-state index contributed by atoms with van der Waals surface area (Å²) in [5, 5.41) is 13.2. The summed E-state index contributed by atoms with van der Waals surface area (Å²) in [5.74, 6) is 0.676. The molecule has 1 saturated heterocycles. The van der Waals surface area contributed by atoms with Gasteiger partial charge >= 0.3 is 0 Å². The van der Waals surface area contributed by atoms with Gasteiger partial charge in [0.15, 0.2) is 16.5 Å². The van der Waals surface area contributed by atoms with Crippen molar-refractivity contribution in [1.29, 1.82) is 0 Å². The van der Waals surface area contributed by atoms with Gasteiger partial charge in [0, 0.05) is 26.0 Å². The van der Waals surface area contributed by atoms with Crippen LogP contribution >= 0.6 is 11.6 Å². The molecule has 2 fully saturated rings. The Hall–Kier alpha value is -2.46. The molecule has 3 aromatic rings. The van der Waals surface area contributed by atoms with Gasteiger partial charge in [0.25, 0.3) is 5.88 Å². The maximum absolute atomic E-state index is 15.6. The van der Waals surface area contributed by atoms with E-state index in [0.717, 1.165) is 12.8 Å². The molecule has 2 aliphatic rings. The third-order valence-corrected chi connectivity index (χ3v) is 6.07. The first-order valence-electron chi connectivity index (χ1n) is 10.7. The summed E-state index contributed by atoms with van der Waals surface area (Å²) < 4.78 is 30.4. The van der Waals surface area contributed by atoms with Crippen LogP contribution in [0.15, 0.2) is 6.20 Å². The van der Waals surface area contributed by atoms with Crippen LogP contribution in [-0.4, -0.2) is 49.3 Å². The molecule has 0 amide bonds. The van der Waals surface area contributed by atoms with E-state index in [-0.39, 0.29) is 6.04 Å². The molecule has 0 aromatic carbocycles. The van der Waals surface area contributed by atoms with Gasteiger partial charge in [0.2, 0.25) is 5.95 Å². The Morgan fingerprint density at radius 2 is 2.06 bits per heavy atom. The zero-order valence-corrected chi connectivity index (χ0v) is 18.3. The molecule has 0 bridgehead atoms. The summed E-state index contributed by atoms with van der Waals surface area (Å²) in [7, 11) is 0. The van der Waals surface area contributed by atoms with E-state index in [4.69, 9.17) is 21.1 Å². The molecule has 1 aliphatic heterocycles. The Bertz CT molecular complexity index is 1100. The Labute approximate surface area is 183 Å². The van der Waals surface area contributed by atoms with Gasteiger partial charge in [-0.3, -0.25) is 4.68 Å². The van der Waals surface area contributed by atoms with Crippen LogP contribution in [0.4, 0.5) is 16.0 Å². The van der Waals surface area contributed by atoms with Crippen LogP contribution in [0.5, 0.6) is 5.88 Å². The van der Waals surface area contributed by atoms with Crippen molar-refractivity contribution in [3.05, 3.63) is 17.0 Å². The number of aromatic nitrogens is 6. The van der Waals surface area contributed by atoms with E-state index in [1.165, 1.54) is 0 Å². The Morgan fingerprint density at radius 1 is 1.29 bits per heavy atom. The molecule has 0 spiro atoms. The average molecular weight is 450 g/mol. The number of nitrogens with one attached hydrogen (secondary N) is 1. The van der Waals surface area contributed by atoms with Crippen molar-refractivity contribution in [2.24, 2.45) is 0 Å². The fraction of sp³-hybridized carbons (Fsp3) is 0.600. The topological polar surface area (TPSA) is 91.9 Å². The van der Waals surface area contributed by atoms with Crippen molar-refractivity contribution >= 4 is 34.3 Å². The fourth-order valence-corrected chi connectivity index (χ4v) is 4.27. The number of aryl methyl sites for hydroxylation is 1. The van der Waals surface area contributed by atoms with Crippen molar-refractivity contribution in [1.82, 2.24) is 29.5 Å². The van der Waals surface area contributed by atoms with E-state index in [1.54, 1.807) is 15.6 Å². The van der Waals surface area contributed by atoms with Crippen LogP contribution in [0, 0.1) is 0 Å². The second-order valence-electron chi connectivity index (χ2n) is 7.88. The van der Waals surface area contributed by atoms with E-state index >= 15 is 4.39 Å². The molecule has 9 nitrogen and oxygen atoms in total. The van der Waals surface area contributed by atoms with Gasteiger partial charge in [0.1, 0.15) is 11.4 Å². The summed E-state index contributed by atoms with van der Waals surface area (Å²) in [5.41, 5.74) is 0.180. The maximum Gasteiger partial charge on any atom is 0.257 e. The zero-order valence-electron chi connectivity index (χ0n) is 17.6. The van der Waals surface area contributed by atoms with Crippen molar-refractivity contribution in [2.75, 3.05) is 25.1 Å². The minimum atomic E-state index is -1.43. The summed E-state index contributed by atoms with van der Waals surface area (Å²) in [4.78, 5) is 8.97. The Balaban J connectivity index is 1.59. The first kappa shape index (κ1) is 20.4.